The van der Waals surface area contributed by atoms with Crippen molar-refractivity contribution in [3.8, 4) is 0 Å². The highest BCUT2D eigenvalue weighted by atomic mass is 14.5. The summed E-state index contributed by atoms with van der Waals surface area (Å²) in [6.07, 6.45) is 11.7. The predicted octanol–water partition coefficient (Wildman–Crippen LogP) is 4.77. The first-order chi connectivity index (χ1) is 9.58. The van der Waals surface area contributed by atoms with E-state index in [4.69, 9.17) is 11.1 Å². The maximum atomic E-state index is 8.14. The third-order valence-corrected chi connectivity index (χ3v) is 2.85. The Hall–Kier alpha value is -2.35. The minimum Gasteiger partial charge on any atom is -0.399 e. The maximum absolute atomic E-state index is 8.14. The Morgan fingerprint density at radius 2 is 1.75 bits per heavy atom. The highest BCUT2D eigenvalue weighted by Gasteiger charge is 2.01. The largest absolute Gasteiger partial charge is 0.399 e. The molecular weight excluding hydrogens is 244 g/mol. The summed E-state index contributed by atoms with van der Waals surface area (Å²) in [5.74, 6) is 0. The number of allylic oxidation sites excluding steroid dienone is 8. The van der Waals surface area contributed by atoms with E-state index < -0.39 is 0 Å². The van der Waals surface area contributed by atoms with Crippen LogP contribution in [0.15, 0.2) is 66.3 Å². The Balaban J connectivity index is 3.10. The molecule has 0 bridgehead atoms. The predicted molar refractivity (Wildman–Crippen MR) is 89.9 cm³/mol. The molecule has 20 heavy (non-hydrogen) atoms. The third-order valence-electron chi connectivity index (χ3n) is 2.85. The Morgan fingerprint density at radius 3 is 2.30 bits per heavy atom. The number of anilines is 1. The highest BCUT2D eigenvalue weighted by molar-refractivity contribution is 6.10. The standard InChI is InChI=1S/C18H22N2/c1-4-6-8-14(3)18(20)13-16(7-5-2)15-9-11-17(19)12-10-15/h4-13,20H,19H2,1-3H3/b6-4-,7-5-,14-8+,16-13+,20-18?. The van der Waals surface area contributed by atoms with Crippen molar-refractivity contribution in [2.45, 2.75) is 20.8 Å². The van der Waals surface area contributed by atoms with E-state index in [0.717, 1.165) is 22.4 Å². The fourth-order valence-electron chi connectivity index (χ4n) is 1.68. The van der Waals surface area contributed by atoms with Gasteiger partial charge in [-0.15, -0.1) is 0 Å². The van der Waals surface area contributed by atoms with Gasteiger partial charge in [-0.05, 0) is 55.7 Å². The van der Waals surface area contributed by atoms with Gasteiger partial charge < -0.3 is 11.1 Å². The summed E-state index contributed by atoms with van der Waals surface area (Å²) in [6.45, 7) is 5.87. The lowest BCUT2D eigenvalue weighted by atomic mass is 10.0. The molecular formula is C18H22N2. The number of hydrogen-bond donors (Lipinski definition) is 2. The third kappa shape index (κ3) is 4.73. The van der Waals surface area contributed by atoms with Crippen molar-refractivity contribution in [1.29, 1.82) is 5.41 Å². The SMILES string of the molecule is C/C=C\C=C(/C)C(=N)/C=C(\C=C/C)c1ccc(N)cc1. The van der Waals surface area contributed by atoms with Gasteiger partial charge in [0.2, 0.25) is 0 Å². The molecule has 0 aromatic heterocycles. The zero-order chi connectivity index (χ0) is 15.0. The minimum atomic E-state index is 0.507. The van der Waals surface area contributed by atoms with Gasteiger partial charge in [-0.2, -0.15) is 0 Å². The summed E-state index contributed by atoms with van der Waals surface area (Å²) in [5, 5.41) is 8.14. The molecule has 0 spiro atoms. The van der Waals surface area contributed by atoms with Crippen molar-refractivity contribution in [3.63, 3.8) is 0 Å². The molecule has 2 heteroatoms. The molecule has 0 aliphatic rings. The van der Waals surface area contributed by atoms with Gasteiger partial charge in [0, 0.05) is 5.69 Å². The van der Waals surface area contributed by atoms with Crippen LogP contribution in [0.4, 0.5) is 5.69 Å². The Morgan fingerprint density at radius 1 is 1.10 bits per heavy atom. The second-order valence-corrected chi connectivity index (χ2v) is 4.51. The van der Waals surface area contributed by atoms with E-state index in [-0.39, 0.29) is 0 Å². The van der Waals surface area contributed by atoms with Crippen LogP contribution in [0, 0.1) is 5.41 Å². The lowest BCUT2D eigenvalue weighted by molar-refractivity contribution is 1.45. The molecule has 0 unspecified atom stereocenters. The molecule has 1 aromatic carbocycles. The quantitative estimate of drug-likeness (QED) is 0.450. The number of nitrogens with two attached hydrogens (primary N) is 1. The molecule has 0 amide bonds. The number of nitrogens with one attached hydrogen (secondary N) is 1. The first-order valence-corrected chi connectivity index (χ1v) is 6.67. The van der Waals surface area contributed by atoms with Crippen molar-refractivity contribution in [3.05, 3.63) is 71.9 Å². The van der Waals surface area contributed by atoms with E-state index in [1.165, 1.54) is 0 Å². The summed E-state index contributed by atoms with van der Waals surface area (Å²) in [6, 6.07) is 7.69. The van der Waals surface area contributed by atoms with Crippen LogP contribution < -0.4 is 5.73 Å². The van der Waals surface area contributed by atoms with Gasteiger partial charge in [0.05, 0.1) is 5.71 Å². The molecule has 0 saturated heterocycles. The molecule has 1 aromatic rings. The van der Waals surface area contributed by atoms with Gasteiger partial charge in [0.1, 0.15) is 0 Å². The average molecular weight is 266 g/mol. The van der Waals surface area contributed by atoms with Gasteiger partial charge in [0.15, 0.2) is 0 Å². The molecule has 104 valence electrons. The number of rotatable bonds is 5. The van der Waals surface area contributed by atoms with Gasteiger partial charge >= 0.3 is 0 Å². The fourth-order valence-corrected chi connectivity index (χ4v) is 1.68. The molecule has 1 rings (SSSR count). The molecule has 0 fully saturated rings. The molecule has 0 saturated carbocycles. The molecule has 0 atom stereocenters. The van der Waals surface area contributed by atoms with E-state index in [2.05, 4.69) is 0 Å². The van der Waals surface area contributed by atoms with Crippen LogP contribution in [0.3, 0.4) is 0 Å². The normalized spacial score (nSPS) is 13.3. The first-order valence-electron chi connectivity index (χ1n) is 6.67. The molecule has 0 heterocycles. The smallest absolute Gasteiger partial charge is 0.0575 e. The van der Waals surface area contributed by atoms with Crippen LogP contribution in [0.25, 0.3) is 5.57 Å². The Bertz CT molecular complexity index is 570. The van der Waals surface area contributed by atoms with Gasteiger partial charge in [-0.25, -0.2) is 0 Å². The van der Waals surface area contributed by atoms with Crippen LogP contribution >= 0.6 is 0 Å². The molecule has 2 nitrogen and oxygen atoms in total. The van der Waals surface area contributed by atoms with E-state index in [1.54, 1.807) is 0 Å². The fraction of sp³-hybridized carbons (Fsp3) is 0.167. The number of hydrogen-bond acceptors (Lipinski definition) is 2. The van der Waals surface area contributed by atoms with Crippen LogP contribution in [0.2, 0.25) is 0 Å². The van der Waals surface area contributed by atoms with Crippen molar-refractivity contribution < 1.29 is 0 Å². The Labute approximate surface area is 121 Å². The molecule has 3 N–H and O–H groups in total. The van der Waals surface area contributed by atoms with Crippen LogP contribution in [0.5, 0.6) is 0 Å². The summed E-state index contributed by atoms with van der Waals surface area (Å²) in [4.78, 5) is 0. The lowest BCUT2D eigenvalue weighted by Crippen LogP contribution is -1.95. The molecule has 0 aliphatic heterocycles. The van der Waals surface area contributed by atoms with E-state index in [0.29, 0.717) is 5.71 Å². The van der Waals surface area contributed by atoms with E-state index in [1.807, 2.05) is 81.5 Å². The van der Waals surface area contributed by atoms with Gasteiger partial charge in [-0.1, -0.05) is 42.5 Å². The minimum absolute atomic E-state index is 0.507. The van der Waals surface area contributed by atoms with Crippen molar-refractivity contribution >= 4 is 17.0 Å². The zero-order valence-electron chi connectivity index (χ0n) is 12.4. The maximum Gasteiger partial charge on any atom is 0.0575 e. The summed E-state index contributed by atoms with van der Waals surface area (Å²) < 4.78 is 0. The van der Waals surface area contributed by atoms with Gasteiger partial charge in [-0.3, -0.25) is 0 Å². The summed E-state index contributed by atoms with van der Waals surface area (Å²) in [7, 11) is 0. The number of nitrogen functional groups attached to an aromatic ring is 1. The second kappa shape index (κ2) is 7.95. The summed E-state index contributed by atoms with van der Waals surface area (Å²) in [5.41, 5.74) is 9.95. The highest BCUT2D eigenvalue weighted by Crippen LogP contribution is 2.18. The van der Waals surface area contributed by atoms with E-state index in [9.17, 15) is 0 Å². The van der Waals surface area contributed by atoms with Gasteiger partial charge in [0.25, 0.3) is 0 Å². The van der Waals surface area contributed by atoms with Crippen molar-refractivity contribution in [2.24, 2.45) is 0 Å². The second-order valence-electron chi connectivity index (χ2n) is 4.51. The van der Waals surface area contributed by atoms with Crippen LogP contribution in [-0.2, 0) is 0 Å². The number of benzene rings is 1. The van der Waals surface area contributed by atoms with E-state index >= 15 is 0 Å². The monoisotopic (exact) mass is 266 g/mol. The lowest BCUT2D eigenvalue weighted by Gasteiger charge is -2.05. The van der Waals surface area contributed by atoms with Crippen LogP contribution in [-0.4, -0.2) is 5.71 Å². The van der Waals surface area contributed by atoms with Crippen molar-refractivity contribution in [1.82, 2.24) is 0 Å². The first kappa shape index (κ1) is 15.7. The molecule has 0 aliphatic carbocycles. The van der Waals surface area contributed by atoms with Crippen LogP contribution in [0.1, 0.15) is 26.3 Å². The summed E-state index contributed by atoms with van der Waals surface area (Å²) >= 11 is 0. The average Bonchev–Trinajstić information content (AvgIpc) is 2.45. The molecule has 0 radical (unpaired) electrons. The zero-order valence-corrected chi connectivity index (χ0v) is 12.4. The topological polar surface area (TPSA) is 49.9 Å². The Kier molecular flexibility index (Phi) is 6.24. The van der Waals surface area contributed by atoms with Crippen molar-refractivity contribution in [2.75, 3.05) is 5.73 Å².